The molecule has 0 bridgehead atoms. The predicted octanol–water partition coefficient (Wildman–Crippen LogP) is 3.65. The molecule has 3 unspecified atom stereocenters. The zero-order chi connectivity index (χ0) is 11.0. The molecule has 1 saturated carbocycles. The highest BCUT2D eigenvalue weighted by molar-refractivity contribution is 9.10. The number of hydrogen-bond acceptors (Lipinski definition) is 1. The van der Waals surface area contributed by atoms with E-state index in [2.05, 4.69) is 35.1 Å². The van der Waals surface area contributed by atoms with Crippen molar-refractivity contribution < 1.29 is 4.39 Å². The third-order valence-corrected chi connectivity index (χ3v) is 3.66. The highest BCUT2D eigenvalue weighted by atomic mass is 79.9. The van der Waals surface area contributed by atoms with E-state index in [9.17, 15) is 4.39 Å². The second-order valence-corrected chi connectivity index (χ2v) is 5.24. The zero-order valence-corrected chi connectivity index (χ0v) is 10.5. The third-order valence-electron chi connectivity index (χ3n) is 3.02. The van der Waals surface area contributed by atoms with Gasteiger partial charge in [0.1, 0.15) is 5.82 Å². The maximum Gasteiger partial charge on any atom is 0.137 e. The number of nitrogens with one attached hydrogen (secondary N) is 1. The molecular formula is C12H15BrFN. The highest BCUT2D eigenvalue weighted by Gasteiger charge is 2.33. The first kappa shape index (κ1) is 11.1. The van der Waals surface area contributed by atoms with Crippen molar-refractivity contribution >= 4 is 15.9 Å². The quantitative estimate of drug-likeness (QED) is 0.885. The molecule has 15 heavy (non-hydrogen) atoms. The van der Waals surface area contributed by atoms with Crippen molar-refractivity contribution in [2.24, 2.45) is 5.92 Å². The second-order valence-electron chi connectivity index (χ2n) is 4.38. The summed E-state index contributed by atoms with van der Waals surface area (Å²) >= 11 is 3.16. The van der Waals surface area contributed by atoms with Crippen LogP contribution in [0, 0.1) is 11.7 Å². The fraction of sp³-hybridized carbons (Fsp3) is 0.500. The Morgan fingerprint density at radius 3 is 2.73 bits per heavy atom. The van der Waals surface area contributed by atoms with E-state index in [1.54, 1.807) is 12.1 Å². The number of rotatable bonds is 3. The average Bonchev–Trinajstić information content (AvgIpc) is 2.86. The summed E-state index contributed by atoms with van der Waals surface area (Å²) in [5.41, 5.74) is 1.01. The van der Waals surface area contributed by atoms with Gasteiger partial charge in [0, 0.05) is 12.1 Å². The van der Waals surface area contributed by atoms with E-state index < -0.39 is 0 Å². The van der Waals surface area contributed by atoms with Crippen LogP contribution in [0.3, 0.4) is 0 Å². The first-order valence-corrected chi connectivity index (χ1v) is 6.08. The smallest absolute Gasteiger partial charge is 0.137 e. The number of benzene rings is 1. The molecule has 0 radical (unpaired) electrons. The summed E-state index contributed by atoms with van der Waals surface area (Å²) in [7, 11) is 0. The zero-order valence-electron chi connectivity index (χ0n) is 8.93. The van der Waals surface area contributed by atoms with Crippen LogP contribution in [0.5, 0.6) is 0 Å². The molecule has 0 spiro atoms. The molecule has 1 N–H and O–H groups in total. The SMILES string of the molecule is CC(NC1CC1C)c1ccc(Br)c(F)c1. The monoisotopic (exact) mass is 271 g/mol. The summed E-state index contributed by atoms with van der Waals surface area (Å²) in [6, 6.07) is 6.15. The Morgan fingerprint density at radius 1 is 1.53 bits per heavy atom. The lowest BCUT2D eigenvalue weighted by atomic mass is 10.1. The third kappa shape index (κ3) is 2.58. The molecule has 0 aliphatic heterocycles. The lowest BCUT2D eigenvalue weighted by Crippen LogP contribution is -2.22. The molecule has 0 heterocycles. The Hall–Kier alpha value is -0.410. The Labute approximate surface area is 98.2 Å². The molecule has 1 aliphatic rings. The van der Waals surface area contributed by atoms with E-state index in [0.717, 1.165) is 11.5 Å². The van der Waals surface area contributed by atoms with Crippen LogP contribution in [0.4, 0.5) is 4.39 Å². The van der Waals surface area contributed by atoms with Crippen LogP contribution in [-0.4, -0.2) is 6.04 Å². The van der Waals surface area contributed by atoms with Crippen LogP contribution in [0.2, 0.25) is 0 Å². The van der Waals surface area contributed by atoms with E-state index in [-0.39, 0.29) is 11.9 Å². The van der Waals surface area contributed by atoms with Crippen molar-refractivity contribution in [3.05, 3.63) is 34.1 Å². The molecule has 1 aromatic carbocycles. The first-order chi connectivity index (χ1) is 7.08. The summed E-state index contributed by atoms with van der Waals surface area (Å²) < 4.78 is 13.8. The van der Waals surface area contributed by atoms with Crippen molar-refractivity contribution in [1.29, 1.82) is 0 Å². The average molecular weight is 272 g/mol. The van der Waals surface area contributed by atoms with Gasteiger partial charge in [-0.3, -0.25) is 0 Å². The Bertz CT molecular complexity index is 367. The predicted molar refractivity (Wildman–Crippen MR) is 63.2 cm³/mol. The topological polar surface area (TPSA) is 12.0 Å². The van der Waals surface area contributed by atoms with Gasteiger partial charge in [0.05, 0.1) is 4.47 Å². The van der Waals surface area contributed by atoms with Gasteiger partial charge in [0.25, 0.3) is 0 Å². The van der Waals surface area contributed by atoms with Gasteiger partial charge in [-0.2, -0.15) is 0 Å². The molecule has 1 fully saturated rings. The van der Waals surface area contributed by atoms with Crippen LogP contribution >= 0.6 is 15.9 Å². The summed E-state index contributed by atoms with van der Waals surface area (Å²) in [6.07, 6.45) is 1.24. The van der Waals surface area contributed by atoms with Gasteiger partial charge in [-0.1, -0.05) is 13.0 Å². The van der Waals surface area contributed by atoms with Gasteiger partial charge in [0.2, 0.25) is 0 Å². The highest BCUT2D eigenvalue weighted by Crippen LogP contribution is 2.32. The summed E-state index contributed by atoms with van der Waals surface area (Å²) in [4.78, 5) is 0. The van der Waals surface area contributed by atoms with Gasteiger partial charge in [-0.15, -0.1) is 0 Å². The van der Waals surface area contributed by atoms with Gasteiger partial charge in [-0.05, 0) is 52.9 Å². The first-order valence-electron chi connectivity index (χ1n) is 5.29. The Morgan fingerprint density at radius 2 is 2.20 bits per heavy atom. The van der Waals surface area contributed by atoms with Crippen molar-refractivity contribution in [3.8, 4) is 0 Å². The molecule has 0 aromatic heterocycles. The fourth-order valence-corrected chi connectivity index (χ4v) is 2.00. The molecule has 1 aromatic rings. The van der Waals surface area contributed by atoms with Gasteiger partial charge in [0.15, 0.2) is 0 Å². The van der Waals surface area contributed by atoms with Crippen LogP contribution in [0.15, 0.2) is 22.7 Å². The van der Waals surface area contributed by atoms with Gasteiger partial charge < -0.3 is 5.32 Å². The van der Waals surface area contributed by atoms with Crippen LogP contribution in [0.25, 0.3) is 0 Å². The Kier molecular flexibility index (Phi) is 3.12. The van der Waals surface area contributed by atoms with E-state index in [1.165, 1.54) is 6.42 Å². The van der Waals surface area contributed by atoms with E-state index >= 15 is 0 Å². The number of halogens is 2. The lowest BCUT2D eigenvalue weighted by Gasteiger charge is -2.14. The molecule has 1 nitrogen and oxygen atoms in total. The van der Waals surface area contributed by atoms with Gasteiger partial charge in [-0.25, -0.2) is 4.39 Å². The number of hydrogen-bond donors (Lipinski definition) is 1. The van der Waals surface area contributed by atoms with E-state index in [0.29, 0.717) is 10.5 Å². The molecule has 2 rings (SSSR count). The minimum atomic E-state index is -0.190. The maximum atomic E-state index is 13.3. The van der Waals surface area contributed by atoms with E-state index in [4.69, 9.17) is 0 Å². The minimum Gasteiger partial charge on any atom is -0.307 e. The van der Waals surface area contributed by atoms with Crippen LogP contribution in [0.1, 0.15) is 31.9 Å². The molecule has 0 amide bonds. The molecule has 0 saturated heterocycles. The van der Waals surface area contributed by atoms with Crippen molar-refractivity contribution in [2.45, 2.75) is 32.4 Å². The summed E-state index contributed by atoms with van der Waals surface area (Å²) in [6.45, 7) is 4.31. The molecule has 1 aliphatic carbocycles. The van der Waals surface area contributed by atoms with E-state index in [1.807, 2.05) is 6.07 Å². The molecular weight excluding hydrogens is 257 g/mol. The fourth-order valence-electron chi connectivity index (χ4n) is 1.75. The standard InChI is InChI=1S/C12H15BrFN/c1-7-5-12(7)15-8(2)9-3-4-10(13)11(14)6-9/h3-4,6-8,12,15H,5H2,1-2H3. The van der Waals surface area contributed by atoms with Crippen LogP contribution < -0.4 is 5.32 Å². The molecule has 3 atom stereocenters. The van der Waals surface area contributed by atoms with Gasteiger partial charge >= 0.3 is 0 Å². The summed E-state index contributed by atoms with van der Waals surface area (Å²) in [5, 5.41) is 3.48. The lowest BCUT2D eigenvalue weighted by molar-refractivity contribution is 0.545. The van der Waals surface area contributed by atoms with Crippen molar-refractivity contribution in [2.75, 3.05) is 0 Å². The minimum absolute atomic E-state index is 0.190. The molecule has 82 valence electrons. The summed E-state index contributed by atoms with van der Waals surface area (Å²) in [5.74, 6) is 0.581. The second kappa shape index (κ2) is 4.22. The largest absolute Gasteiger partial charge is 0.307 e. The van der Waals surface area contributed by atoms with Crippen LogP contribution in [-0.2, 0) is 0 Å². The normalized spacial score (nSPS) is 26.4. The Balaban J connectivity index is 2.04. The molecule has 3 heteroatoms. The van der Waals surface area contributed by atoms with Crippen molar-refractivity contribution in [1.82, 2.24) is 5.32 Å². The maximum absolute atomic E-state index is 13.3. The van der Waals surface area contributed by atoms with Crippen molar-refractivity contribution in [3.63, 3.8) is 0 Å².